The minimum absolute atomic E-state index is 0.00941. The maximum Gasteiger partial charge on any atom is 0.273 e. The van der Waals surface area contributed by atoms with E-state index >= 15 is 0 Å². The highest BCUT2D eigenvalue weighted by molar-refractivity contribution is 5.63. The number of rotatable bonds is 4. The van der Waals surface area contributed by atoms with Gasteiger partial charge < -0.3 is 20.1 Å². The summed E-state index contributed by atoms with van der Waals surface area (Å²) in [5.41, 5.74) is 6.79. The number of nitrogen functional groups attached to an aromatic ring is 1. The molecule has 19 heavy (non-hydrogen) atoms. The summed E-state index contributed by atoms with van der Waals surface area (Å²) in [6, 6.07) is 4.58. The van der Waals surface area contributed by atoms with Crippen LogP contribution in [0.25, 0.3) is 0 Å². The molecule has 1 aromatic carbocycles. The van der Waals surface area contributed by atoms with Crippen LogP contribution in [0, 0.1) is 10.1 Å². The van der Waals surface area contributed by atoms with Gasteiger partial charge in [0.2, 0.25) is 0 Å². The van der Waals surface area contributed by atoms with Gasteiger partial charge in [0.05, 0.1) is 4.92 Å². The zero-order chi connectivity index (χ0) is 14.0. The van der Waals surface area contributed by atoms with Crippen molar-refractivity contribution in [1.29, 1.82) is 0 Å². The average molecular weight is 267 g/mol. The molecule has 2 rings (SSSR count). The molecule has 2 N–H and O–H groups in total. The first-order valence-electron chi connectivity index (χ1n) is 5.90. The summed E-state index contributed by atoms with van der Waals surface area (Å²) in [5, 5.41) is 10.8. The Morgan fingerprint density at radius 3 is 2.32 bits per heavy atom. The number of nitro groups is 1. The summed E-state index contributed by atoms with van der Waals surface area (Å²) in [7, 11) is 3.25. The number of benzene rings is 1. The van der Waals surface area contributed by atoms with Crippen molar-refractivity contribution < 1.29 is 14.4 Å². The quantitative estimate of drug-likeness (QED) is 0.497. The molecule has 0 bridgehead atoms. The summed E-state index contributed by atoms with van der Waals surface area (Å²) in [6.07, 6.45) is -0.101. The van der Waals surface area contributed by atoms with E-state index in [1.807, 2.05) is 4.90 Å². The van der Waals surface area contributed by atoms with Crippen molar-refractivity contribution in [2.75, 3.05) is 37.9 Å². The summed E-state index contributed by atoms with van der Waals surface area (Å²) >= 11 is 0. The van der Waals surface area contributed by atoms with Gasteiger partial charge in [-0.15, -0.1) is 0 Å². The highest BCUT2D eigenvalue weighted by atomic mass is 16.6. The predicted molar refractivity (Wildman–Crippen MR) is 71.3 cm³/mol. The minimum atomic E-state index is -0.447. The van der Waals surface area contributed by atoms with Crippen LogP contribution in [0.2, 0.25) is 0 Å². The van der Waals surface area contributed by atoms with Crippen molar-refractivity contribution in [3.63, 3.8) is 0 Å². The Kier molecular flexibility index (Phi) is 3.87. The van der Waals surface area contributed by atoms with Gasteiger partial charge in [0.1, 0.15) is 12.2 Å². The molecule has 7 heteroatoms. The second-order valence-electron chi connectivity index (χ2n) is 4.49. The topological polar surface area (TPSA) is 90.9 Å². The first-order chi connectivity index (χ1) is 9.05. The van der Waals surface area contributed by atoms with E-state index in [9.17, 15) is 10.1 Å². The number of nitrogens with two attached hydrogens (primary N) is 1. The molecule has 7 nitrogen and oxygen atoms in total. The van der Waals surface area contributed by atoms with Crippen LogP contribution in [0.4, 0.5) is 17.1 Å². The lowest BCUT2D eigenvalue weighted by Crippen LogP contribution is -2.27. The van der Waals surface area contributed by atoms with E-state index in [0.717, 1.165) is 0 Å². The van der Waals surface area contributed by atoms with E-state index in [4.69, 9.17) is 15.2 Å². The van der Waals surface area contributed by atoms with Gasteiger partial charge in [0, 0.05) is 50.8 Å². The van der Waals surface area contributed by atoms with E-state index < -0.39 is 4.92 Å². The fraction of sp³-hybridized carbons (Fsp3) is 0.500. The van der Waals surface area contributed by atoms with E-state index in [2.05, 4.69) is 0 Å². The van der Waals surface area contributed by atoms with Gasteiger partial charge in [-0.3, -0.25) is 10.1 Å². The number of nitro benzene ring substituents is 1. The number of hydrogen-bond donors (Lipinski definition) is 1. The standard InChI is InChI=1S/C12H17N3O4/c1-18-11-6-14(7-12(11)19-2)9-3-8(13)4-10(5-9)15(16)17/h3-5,11-12H,6-7,13H2,1-2H3. The van der Waals surface area contributed by atoms with Crippen LogP contribution in [-0.2, 0) is 9.47 Å². The molecule has 1 aromatic rings. The van der Waals surface area contributed by atoms with Gasteiger partial charge in [0.25, 0.3) is 5.69 Å². The molecule has 1 saturated heterocycles. The minimum Gasteiger partial charge on any atom is -0.398 e. The number of non-ortho nitro benzene ring substituents is 1. The largest absolute Gasteiger partial charge is 0.398 e. The van der Waals surface area contributed by atoms with Crippen LogP contribution in [0.1, 0.15) is 0 Å². The highest BCUT2D eigenvalue weighted by Gasteiger charge is 2.33. The van der Waals surface area contributed by atoms with E-state index in [1.165, 1.54) is 12.1 Å². The fourth-order valence-corrected chi connectivity index (χ4v) is 2.31. The van der Waals surface area contributed by atoms with Crippen molar-refractivity contribution in [2.45, 2.75) is 12.2 Å². The zero-order valence-corrected chi connectivity index (χ0v) is 10.9. The monoisotopic (exact) mass is 267 g/mol. The number of anilines is 2. The lowest BCUT2D eigenvalue weighted by Gasteiger charge is -2.18. The Balaban J connectivity index is 2.25. The molecule has 0 aromatic heterocycles. The summed E-state index contributed by atoms with van der Waals surface area (Å²) in [4.78, 5) is 12.4. The molecule has 104 valence electrons. The Hall–Kier alpha value is -1.86. The molecule has 2 atom stereocenters. The van der Waals surface area contributed by atoms with E-state index in [-0.39, 0.29) is 17.9 Å². The summed E-state index contributed by atoms with van der Waals surface area (Å²) < 4.78 is 10.7. The second kappa shape index (κ2) is 5.41. The number of nitrogens with zero attached hydrogens (tertiary/aromatic N) is 2. The number of ether oxygens (including phenoxy) is 2. The Morgan fingerprint density at radius 1 is 1.26 bits per heavy atom. The van der Waals surface area contributed by atoms with Gasteiger partial charge in [-0.25, -0.2) is 0 Å². The van der Waals surface area contributed by atoms with Crippen molar-refractivity contribution in [1.82, 2.24) is 0 Å². The number of hydrogen-bond acceptors (Lipinski definition) is 6. The molecule has 0 spiro atoms. The first-order valence-corrected chi connectivity index (χ1v) is 5.90. The van der Waals surface area contributed by atoms with Crippen LogP contribution in [0.5, 0.6) is 0 Å². The molecule has 0 saturated carbocycles. The lowest BCUT2D eigenvalue weighted by atomic mass is 10.2. The Morgan fingerprint density at radius 2 is 1.84 bits per heavy atom. The smallest absolute Gasteiger partial charge is 0.273 e. The van der Waals surface area contributed by atoms with Crippen molar-refractivity contribution in [3.05, 3.63) is 28.3 Å². The highest BCUT2D eigenvalue weighted by Crippen LogP contribution is 2.29. The van der Waals surface area contributed by atoms with E-state index in [1.54, 1.807) is 20.3 Å². The first kappa shape index (κ1) is 13.6. The van der Waals surface area contributed by atoms with Gasteiger partial charge in [0.15, 0.2) is 0 Å². The third kappa shape index (κ3) is 2.77. The molecule has 1 aliphatic heterocycles. The molecule has 1 fully saturated rings. The maximum absolute atomic E-state index is 10.8. The van der Waals surface area contributed by atoms with Crippen LogP contribution >= 0.6 is 0 Å². The Bertz CT molecular complexity index is 468. The molecule has 2 unspecified atom stereocenters. The molecule has 0 amide bonds. The average Bonchev–Trinajstić information content (AvgIpc) is 2.81. The van der Waals surface area contributed by atoms with Gasteiger partial charge in [-0.2, -0.15) is 0 Å². The predicted octanol–water partition coefficient (Wildman–Crippen LogP) is 1.03. The van der Waals surface area contributed by atoms with Crippen molar-refractivity contribution >= 4 is 17.1 Å². The van der Waals surface area contributed by atoms with Crippen LogP contribution in [0.3, 0.4) is 0 Å². The van der Waals surface area contributed by atoms with E-state index in [0.29, 0.717) is 24.5 Å². The second-order valence-corrected chi connectivity index (χ2v) is 4.49. The molecule has 1 aliphatic rings. The molecule has 1 heterocycles. The Labute approximate surface area is 111 Å². The third-order valence-corrected chi connectivity index (χ3v) is 3.32. The van der Waals surface area contributed by atoms with Gasteiger partial charge >= 0.3 is 0 Å². The summed E-state index contributed by atoms with van der Waals surface area (Å²) in [5.74, 6) is 0. The maximum atomic E-state index is 10.8. The van der Waals surface area contributed by atoms with Crippen LogP contribution < -0.4 is 10.6 Å². The fourth-order valence-electron chi connectivity index (χ4n) is 2.31. The normalized spacial score (nSPS) is 22.7. The van der Waals surface area contributed by atoms with Crippen molar-refractivity contribution in [3.8, 4) is 0 Å². The summed E-state index contributed by atoms with van der Waals surface area (Å²) in [6.45, 7) is 1.24. The van der Waals surface area contributed by atoms with Crippen LogP contribution in [-0.4, -0.2) is 44.4 Å². The molecular formula is C12H17N3O4. The SMILES string of the molecule is COC1CN(c2cc(N)cc([N+](=O)[O-])c2)CC1OC. The van der Waals surface area contributed by atoms with Crippen molar-refractivity contribution in [2.24, 2.45) is 0 Å². The van der Waals surface area contributed by atoms with Gasteiger partial charge in [-0.05, 0) is 6.07 Å². The van der Waals surface area contributed by atoms with Crippen LogP contribution in [0.15, 0.2) is 18.2 Å². The third-order valence-electron chi connectivity index (χ3n) is 3.32. The molecule has 0 aliphatic carbocycles. The van der Waals surface area contributed by atoms with Gasteiger partial charge in [-0.1, -0.05) is 0 Å². The lowest BCUT2D eigenvalue weighted by molar-refractivity contribution is -0.384. The molecule has 0 radical (unpaired) electrons. The molecular weight excluding hydrogens is 250 g/mol. The zero-order valence-electron chi connectivity index (χ0n) is 10.9. The number of methoxy groups -OCH3 is 2.